The van der Waals surface area contributed by atoms with Gasteiger partial charge in [-0.2, -0.15) is 0 Å². The highest BCUT2D eigenvalue weighted by atomic mass is 28.4. The fraction of sp³-hybridized carbons (Fsp3) is 1.00. The Morgan fingerprint density at radius 3 is 1.45 bits per heavy atom. The van der Waals surface area contributed by atoms with Crippen LogP contribution in [0.25, 0.3) is 0 Å². The first-order valence-electron chi connectivity index (χ1n) is 8.16. The number of hydrogen-bond acceptors (Lipinski definition) is 6. The zero-order valence-corrected chi connectivity index (χ0v) is 16.3. The Morgan fingerprint density at radius 1 is 0.818 bits per heavy atom. The third kappa shape index (κ3) is 7.50. The van der Waals surface area contributed by atoms with E-state index in [-0.39, 0.29) is 0 Å². The van der Waals surface area contributed by atoms with Crippen LogP contribution in [-0.2, 0) is 13.3 Å². The Morgan fingerprint density at radius 2 is 1.18 bits per heavy atom. The fourth-order valence-corrected chi connectivity index (χ4v) is 5.27. The smallest absolute Gasteiger partial charge is 0.376 e. The van der Waals surface area contributed by atoms with Gasteiger partial charge in [0.05, 0.1) is 0 Å². The molecule has 0 atom stereocenters. The summed E-state index contributed by atoms with van der Waals surface area (Å²) in [6, 6.07) is 0.658. The number of hydrogen-bond donors (Lipinski definition) is 2. The molecule has 0 aromatic heterocycles. The van der Waals surface area contributed by atoms with Gasteiger partial charge in [-0.3, -0.25) is 0 Å². The summed E-state index contributed by atoms with van der Waals surface area (Å²) in [6.07, 6.45) is 0.709. The Kier molecular flexibility index (Phi) is 9.31. The molecule has 0 aliphatic heterocycles. The Labute approximate surface area is 136 Å². The lowest BCUT2D eigenvalue weighted by molar-refractivity contribution is -0.199. The minimum Gasteiger partial charge on any atom is -0.376 e. The molecule has 7 heteroatoms. The van der Waals surface area contributed by atoms with Crippen LogP contribution in [-0.4, -0.2) is 61.7 Å². The van der Waals surface area contributed by atoms with Crippen LogP contribution in [0.3, 0.4) is 0 Å². The van der Waals surface area contributed by atoms with Gasteiger partial charge in [0, 0.05) is 32.4 Å². The van der Waals surface area contributed by atoms with E-state index in [0.717, 1.165) is 0 Å². The predicted molar refractivity (Wildman–Crippen MR) is 89.4 cm³/mol. The maximum absolute atomic E-state index is 10.2. The van der Waals surface area contributed by atoms with E-state index in [1.165, 1.54) is 0 Å². The predicted octanol–water partition coefficient (Wildman–Crippen LogP) is 2.18. The van der Waals surface area contributed by atoms with E-state index in [0.29, 0.717) is 38.8 Å². The van der Waals surface area contributed by atoms with Crippen LogP contribution in [0.4, 0.5) is 0 Å². The lowest BCUT2D eigenvalue weighted by atomic mass is 10.1. The molecule has 0 saturated heterocycles. The van der Waals surface area contributed by atoms with Crippen LogP contribution in [0.15, 0.2) is 0 Å². The van der Waals surface area contributed by atoms with Crippen molar-refractivity contribution < 1.29 is 23.5 Å². The van der Waals surface area contributed by atoms with Gasteiger partial charge >= 0.3 is 8.80 Å². The number of rotatable bonds is 12. The largest absolute Gasteiger partial charge is 0.500 e. The highest BCUT2D eigenvalue weighted by Crippen LogP contribution is 2.24. The Hall–Kier alpha value is -0.0231. The highest BCUT2D eigenvalue weighted by Gasteiger charge is 2.41. The topological polar surface area (TPSA) is 71.4 Å². The van der Waals surface area contributed by atoms with Crippen LogP contribution < -0.4 is 0 Å². The molecule has 0 aliphatic rings. The monoisotopic (exact) mass is 337 g/mol. The summed E-state index contributed by atoms with van der Waals surface area (Å²) in [5, 5.41) is 20.5. The van der Waals surface area contributed by atoms with E-state index in [1.807, 2.05) is 20.8 Å². The zero-order valence-electron chi connectivity index (χ0n) is 15.3. The molecule has 0 unspecified atom stereocenters. The van der Waals surface area contributed by atoms with Crippen LogP contribution in [0.2, 0.25) is 6.04 Å². The molecule has 0 heterocycles. The second kappa shape index (κ2) is 9.32. The average Bonchev–Trinajstić information content (AvgIpc) is 2.32. The summed E-state index contributed by atoms with van der Waals surface area (Å²) >= 11 is 0. The van der Waals surface area contributed by atoms with Gasteiger partial charge in [-0.05, 0) is 54.9 Å². The van der Waals surface area contributed by atoms with Crippen molar-refractivity contribution in [2.45, 2.75) is 72.4 Å². The Bertz CT molecular complexity index is 270. The van der Waals surface area contributed by atoms with Crippen molar-refractivity contribution in [3.05, 3.63) is 0 Å². The second-order valence-corrected chi connectivity index (χ2v) is 8.96. The normalized spacial score (nSPS) is 13.9. The summed E-state index contributed by atoms with van der Waals surface area (Å²) < 4.78 is 17.4. The summed E-state index contributed by atoms with van der Waals surface area (Å²) in [6.45, 7) is 14.6. The van der Waals surface area contributed by atoms with Crippen molar-refractivity contribution in [3.8, 4) is 0 Å². The van der Waals surface area contributed by atoms with Gasteiger partial charge in [-0.1, -0.05) is 0 Å². The van der Waals surface area contributed by atoms with Crippen molar-refractivity contribution in [1.29, 1.82) is 0 Å². The first kappa shape index (κ1) is 22.0. The molecule has 0 fully saturated rings. The quantitative estimate of drug-likeness (QED) is 0.420. The highest BCUT2D eigenvalue weighted by molar-refractivity contribution is 6.60. The molecule has 0 saturated carbocycles. The minimum atomic E-state index is -2.67. The van der Waals surface area contributed by atoms with Crippen molar-refractivity contribution in [2.75, 3.05) is 26.4 Å². The molecular weight excluding hydrogens is 302 g/mol. The molecule has 0 aromatic carbocycles. The van der Waals surface area contributed by atoms with Gasteiger partial charge in [-0.15, -0.1) is 0 Å². The second-order valence-electron chi connectivity index (χ2n) is 6.23. The lowest BCUT2D eigenvalue weighted by Crippen LogP contribution is -2.56. The zero-order chi connectivity index (χ0) is 17.4. The van der Waals surface area contributed by atoms with Gasteiger partial charge < -0.3 is 23.5 Å². The van der Waals surface area contributed by atoms with Crippen molar-refractivity contribution in [1.82, 2.24) is 4.90 Å². The molecule has 0 amide bonds. The van der Waals surface area contributed by atoms with Gasteiger partial charge in [-0.25, -0.2) is 4.90 Å². The molecule has 0 radical (unpaired) electrons. The molecular formula is C15H35NO5Si. The standard InChI is InChI=1S/C15H35NO5Si/c1-8-19-22(20-9-2,21-10-3)13-11-12-16(14(4,5)17)15(6,7)18/h17-18H,8-13H2,1-7H3. The average molecular weight is 338 g/mol. The van der Waals surface area contributed by atoms with E-state index in [4.69, 9.17) is 13.3 Å². The summed E-state index contributed by atoms with van der Waals surface area (Å²) in [7, 11) is -2.67. The molecule has 134 valence electrons. The van der Waals surface area contributed by atoms with Crippen molar-refractivity contribution in [2.24, 2.45) is 0 Å². The van der Waals surface area contributed by atoms with Crippen molar-refractivity contribution in [3.63, 3.8) is 0 Å². The number of aliphatic hydroxyl groups is 2. The molecule has 0 bridgehead atoms. The molecule has 0 spiro atoms. The van der Waals surface area contributed by atoms with E-state index >= 15 is 0 Å². The third-order valence-corrected chi connectivity index (χ3v) is 6.43. The SMILES string of the molecule is CCO[Si](CCCN(C(C)(C)O)C(C)(C)O)(OCC)OCC. The van der Waals surface area contributed by atoms with Gasteiger partial charge in [0.1, 0.15) is 11.4 Å². The first-order valence-corrected chi connectivity index (χ1v) is 10.1. The molecule has 6 nitrogen and oxygen atoms in total. The molecule has 0 aromatic rings. The van der Waals surface area contributed by atoms with E-state index < -0.39 is 20.3 Å². The van der Waals surface area contributed by atoms with Gasteiger partial charge in [0.25, 0.3) is 0 Å². The molecule has 0 rings (SSSR count). The maximum atomic E-state index is 10.2. The van der Waals surface area contributed by atoms with E-state index in [2.05, 4.69) is 0 Å². The van der Waals surface area contributed by atoms with Crippen molar-refractivity contribution >= 4 is 8.80 Å². The summed E-state index contributed by atoms with van der Waals surface area (Å²) in [4.78, 5) is 1.66. The van der Waals surface area contributed by atoms with Crippen LogP contribution in [0.5, 0.6) is 0 Å². The van der Waals surface area contributed by atoms with Crippen LogP contribution in [0, 0.1) is 0 Å². The van der Waals surface area contributed by atoms with Crippen LogP contribution in [0.1, 0.15) is 54.9 Å². The fourth-order valence-electron chi connectivity index (χ4n) is 2.67. The molecule has 2 N–H and O–H groups in total. The summed E-state index contributed by atoms with van der Waals surface area (Å²) in [5.74, 6) is 0. The number of nitrogens with zero attached hydrogens (tertiary/aromatic N) is 1. The van der Waals surface area contributed by atoms with E-state index in [1.54, 1.807) is 32.6 Å². The summed E-state index contributed by atoms with van der Waals surface area (Å²) in [5.41, 5.74) is -2.21. The molecule has 22 heavy (non-hydrogen) atoms. The van der Waals surface area contributed by atoms with Gasteiger partial charge in [0.15, 0.2) is 0 Å². The van der Waals surface area contributed by atoms with Gasteiger partial charge in [0.2, 0.25) is 0 Å². The third-order valence-electron chi connectivity index (χ3n) is 3.28. The Balaban J connectivity index is 4.83. The maximum Gasteiger partial charge on any atom is 0.500 e. The van der Waals surface area contributed by atoms with Crippen LogP contribution >= 0.6 is 0 Å². The molecule has 0 aliphatic carbocycles. The lowest BCUT2D eigenvalue weighted by Gasteiger charge is -2.43. The first-order chi connectivity index (χ1) is 10.0. The minimum absolute atomic E-state index is 0.523. The van der Waals surface area contributed by atoms with E-state index in [9.17, 15) is 10.2 Å².